The topological polar surface area (TPSA) is 92.3 Å². The number of aryl methyl sites for hydroxylation is 1. The Balaban J connectivity index is 2.51. The van der Waals surface area contributed by atoms with Gasteiger partial charge in [-0.1, -0.05) is 0 Å². The quantitative estimate of drug-likeness (QED) is 0.850. The van der Waals surface area contributed by atoms with E-state index in [1.807, 2.05) is 19.1 Å². The van der Waals surface area contributed by atoms with E-state index in [2.05, 4.69) is 14.7 Å². The van der Waals surface area contributed by atoms with Crippen LogP contribution in [0.15, 0.2) is 24.5 Å². The molecule has 0 saturated carbocycles. The average molecular weight is 362 g/mol. The maximum atomic E-state index is 12.2. The summed E-state index contributed by atoms with van der Waals surface area (Å²) >= 11 is 0. The molecule has 0 radical (unpaired) electrons. The molecule has 0 saturated heterocycles. The number of ketones is 1. The standard InChI is InChI=1S/C17H22N4O3S/c1-11(22)8-15-9-14(6-7-18-15)16-10-19-13(3)17(12(16)2)20-25(23,24)21(4)5/h6-7,9-10,20H,8H2,1-5H3. The number of anilines is 1. The number of hydrogen-bond donors (Lipinski definition) is 1. The first kappa shape index (κ1) is 19.0. The third-order valence-electron chi connectivity index (χ3n) is 3.80. The fourth-order valence-electron chi connectivity index (χ4n) is 2.39. The Kier molecular flexibility index (Phi) is 5.54. The molecule has 8 heteroatoms. The van der Waals surface area contributed by atoms with Crippen LogP contribution in [-0.4, -0.2) is 42.6 Å². The second-order valence-electron chi connectivity index (χ2n) is 6.06. The van der Waals surface area contributed by atoms with Gasteiger partial charge in [-0.15, -0.1) is 0 Å². The van der Waals surface area contributed by atoms with Gasteiger partial charge < -0.3 is 0 Å². The molecule has 134 valence electrons. The number of Topliss-reactive ketones (excluding diaryl/α,β-unsaturated/α-hetero) is 1. The number of carbonyl (C=O) groups excluding carboxylic acids is 1. The van der Waals surface area contributed by atoms with E-state index in [0.717, 1.165) is 21.0 Å². The minimum atomic E-state index is -3.63. The average Bonchev–Trinajstić information content (AvgIpc) is 2.51. The Labute approximate surface area is 148 Å². The van der Waals surface area contributed by atoms with Gasteiger partial charge in [-0.3, -0.25) is 19.5 Å². The molecule has 2 aromatic rings. The second-order valence-corrected chi connectivity index (χ2v) is 7.95. The number of nitrogens with one attached hydrogen (secondary N) is 1. The van der Waals surface area contributed by atoms with Gasteiger partial charge in [0.2, 0.25) is 0 Å². The van der Waals surface area contributed by atoms with E-state index in [4.69, 9.17) is 0 Å². The lowest BCUT2D eigenvalue weighted by Crippen LogP contribution is -2.29. The molecule has 0 atom stereocenters. The Bertz CT molecular complexity index is 908. The zero-order valence-electron chi connectivity index (χ0n) is 15.0. The number of hydrogen-bond acceptors (Lipinski definition) is 5. The number of pyridine rings is 2. The van der Waals surface area contributed by atoms with Crippen molar-refractivity contribution in [2.75, 3.05) is 18.8 Å². The fraction of sp³-hybridized carbons (Fsp3) is 0.353. The van der Waals surface area contributed by atoms with Crippen LogP contribution < -0.4 is 4.72 Å². The summed E-state index contributed by atoms with van der Waals surface area (Å²) < 4.78 is 28.0. The molecule has 1 N–H and O–H groups in total. The van der Waals surface area contributed by atoms with Crippen molar-refractivity contribution in [3.8, 4) is 11.1 Å². The van der Waals surface area contributed by atoms with Gasteiger partial charge in [-0.05, 0) is 44.0 Å². The van der Waals surface area contributed by atoms with Crippen molar-refractivity contribution >= 4 is 21.7 Å². The Hall–Kier alpha value is -2.32. The zero-order chi connectivity index (χ0) is 18.8. The molecule has 0 spiro atoms. The van der Waals surface area contributed by atoms with Crippen molar-refractivity contribution in [2.24, 2.45) is 0 Å². The van der Waals surface area contributed by atoms with Crippen LogP contribution in [0.5, 0.6) is 0 Å². The molecule has 0 unspecified atom stereocenters. The van der Waals surface area contributed by atoms with Gasteiger partial charge in [-0.2, -0.15) is 12.7 Å². The van der Waals surface area contributed by atoms with Crippen LogP contribution in [0.4, 0.5) is 5.69 Å². The van der Waals surface area contributed by atoms with Crippen molar-refractivity contribution in [1.29, 1.82) is 0 Å². The summed E-state index contributed by atoms with van der Waals surface area (Å²) in [6.07, 6.45) is 3.59. The highest BCUT2D eigenvalue weighted by Crippen LogP contribution is 2.30. The van der Waals surface area contributed by atoms with E-state index in [1.165, 1.54) is 21.0 Å². The molecule has 0 fully saturated rings. The molecule has 2 aromatic heterocycles. The van der Waals surface area contributed by atoms with Gasteiger partial charge >= 0.3 is 10.2 Å². The molecule has 2 heterocycles. The summed E-state index contributed by atoms with van der Waals surface area (Å²) in [6, 6.07) is 3.64. The first-order chi connectivity index (χ1) is 11.6. The van der Waals surface area contributed by atoms with Gasteiger partial charge in [0.25, 0.3) is 0 Å². The van der Waals surface area contributed by atoms with Crippen LogP contribution >= 0.6 is 0 Å². The third-order valence-corrected chi connectivity index (χ3v) is 5.22. The van der Waals surface area contributed by atoms with Crippen molar-refractivity contribution in [3.63, 3.8) is 0 Å². The number of rotatable bonds is 6. The van der Waals surface area contributed by atoms with Gasteiger partial charge in [0.15, 0.2) is 0 Å². The number of nitrogens with zero attached hydrogens (tertiary/aromatic N) is 3. The lowest BCUT2D eigenvalue weighted by Gasteiger charge is -2.18. The van der Waals surface area contributed by atoms with Gasteiger partial charge in [0.1, 0.15) is 5.78 Å². The van der Waals surface area contributed by atoms with Gasteiger partial charge in [0.05, 0.1) is 11.4 Å². The van der Waals surface area contributed by atoms with Crippen LogP contribution in [0.2, 0.25) is 0 Å². The Morgan fingerprint density at radius 3 is 2.52 bits per heavy atom. The molecular formula is C17H22N4O3S. The second kappa shape index (κ2) is 7.28. The maximum Gasteiger partial charge on any atom is 0.301 e. The summed E-state index contributed by atoms with van der Waals surface area (Å²) in [5.41, 5.74) is 4.09. The molecule has 0 aliphatic heterocycles. The number of aromatic nitrogens is 2. The Morgan fingerprint density at radius 1 is 1.24 bits per heavy atom. The highest BCUT2D eigenvalue weighted by atomic mass is 32.2. The van der Waals surface area contributed by atoms with E-state index in [-0.39, 0.29) is 12.2 Å². The number of carbonyl (C=O) groups is 1. The molecular weight excluding hydrogens is 340 g/mol. The highest BCUT2D eigenvalue weighted by molar-refractivity contribution is 7.90. The van der Waals surface area contributed by atoms with Crippen molar-refractivity contribution in [3.05, 3.63) is 41.5 Å². The van der Waals surface area contributed by atoms with Crippen LogP contribution in [0.3, 0.4) is 0 Å². The summed E-state index contributed by atoms with van der Waals surface area (Å²) in [7, 11) is -0.714. The van der Waals surface area contributed by atoms with E-state index < -0.39 is 10.2 Å². The van der Waals surface area contributed by atoms with Crippen molar-refractivity contribution < 1.29 is 13.2 Å². The first-order valence-corrected chi connectivity index (χ1v) is 9.17. The van der Waals surface area contributed by atoms with Crippen molar-refractivity contribution in [1.82, 2.24) is 14.3 Å². The van der Waals surface area contributed by atoms with Crippen LogP contribution in [0.25, 0.3) is 11.1 Å². The Morgan fingerprint density at radius 2 is 1.92 bits per heavy atom. The predicted octanol–water partition coefficient (Wildman–Crippen LogP) is 2.11. The molecule has 0 bridgehead atoms. The highest BCUT2D eigenvalue weighted by Gasteiger charge is 2.18. The predicted molar refractivity (Wildman–Crippen MR) is 97.6 cm³/mol. The fourth-order valence-corrected chi connectivity index (χ4v) is 3.13. The molecule has 2 rings (SSSR count). The monoisotopic (exact) mass is 362 g/mol. The smallest absolute Gasteiger partial charge is 0.300 e. The van der Waals surface area contributed by atoms with Gasteiger partial charge in [0, 0.05) is 44.2 Å². The maximum absolute atomic E-state index is 12.2. The largest absolute Gasteiger partial charge is 0.301 e. The molecule has 0 amide bonds. The molecule has 0 aliphatic carbocycles. The lowest BCUT2D eigenvalue weighted by atomic mass is 10.0. The minimum Gasteiger partial charge on any atom is -0.300 e. The van der Waals surface area contributed by atoms with Crippen LogP contribution in [0, 0.1) is 13.8 Å². The summed E-state index contributed by atoms with van der Waals surface area (Å²) in [4.78, 5) is 19.8. The molecule has 0 aliphatic rings. The van der Waals surface area contributed by atoms with Gasteiger partial charge in [-0.25, -0.2) is 0 Å². The third kappa shape index (κ3) is 4.40. The summed E-state index contributed by atoms with van der Waals surface area (Å²) in [6.45, 7) is 5.10. The first-order valence-electron chi connectivity index (χ1n) is 7.73. The SMILES string of the molecule is CC(=O)Cc1cc(-c2cnc(C)c(NS(=O)(=O)N(C)C)c2C)ccn1. The van der Waals surface area contributed by atoms with Crippen LogP contribution in [0.1, 0.15) is 23.9 Å². The van der Waals surface area contributed by atoms with E-state index >= 15 is 0 Å². The van der Waals surface area contributed by atoms with E-state index in [9.17, 15) is 13.2 Å². The molecule has 7 nitrogen and oxygen atoms in total. The van der Waals surface area contributed by atoms with E-state index in [0.29, 0.717) is 17.1 Å². The van der Waals surface area contributed by atoms with Crippen molar-refractivity contribution in [2.45, 2.75) is 27.2 Å². The molecule has 25 heavy (non-hydrogen) atoms. The summed E-state index contributed by atoms with van der Waals surface area (Å²) in [5, 5.41) is 0. The normalized spacial score (nSPS) is 11.6. The summed E-state index contributed by atoms with van der Waals surface area (Å²) in [5.74, 6) is 0.0304. The van der Waals surface area contributed by atoms with Crippen LogP contribution in [-0.2, 0) is 21.4 Å². The van der Waals surface area contributed by atoms with E-state index in [1.54, 1.807) is 19.3 Å². The lowest BCUT2D eigenvalue weighted by molar-refractivity contribution is -0.116. The molecule has 0 aromatic carbocycles. The minimum absolute atomic E-state index is 0.0304. The zero-order valence-corrected chi connectivity index (χ0v) is 15.8.